The summed E-state index contributed by atoms with van der Waals surface area (Å²) in [6, 6.07) is 9.08. The van der Waals surface area contributed by atoms with Crippen molar-refractivity contribution in [2.45, 2.75) is 25.4 Å². The number of nitrogens with one attached hydrogen (secondary N) is 1. The predicted octanol–water partition coefficient (Wildman–Crippen LogP) is 2.06. The number of hydrogen-bond acceptors (Lipinski definition) is 7. The van der Waals surface area contributed by atoms with Crippen molar-refractivity contribution >= 4 is 41.5 Å². The molecule has 2 rings (SSSR count). The smallest absolute Gasteiger partial charge is 0.336 e. The van der Waals surface area contributed by atoms with Crippen LogP contribution in [0.1, 0.15) is 48.6 Å². The second-order valence-electron chi connectivity index (χ2n) is 7.41. The van der Waals surface area contributed by atoms with Crippen molar-refractivity contribution < 1.29 is 44.4 Å². The molecule has 0 spiro atoms. The normalized spacial score (nSPS) is 11.5. The SMILES string of the molecule is CSCC[C@H](NN(Cc1ccccc1)C(=O)Cc1cc(C(=O)O)c(C(=O)O)cc1C(=O)O)C(=O)O. The van der Waals surface area contributed by atoms with E-state index in [1.54, 1.807) is 36.6 Å². The molecule has 1 amide bonds. The van der Waals surface area contributed by atoms with Gasteiger partial charge in [0.1, 0.15) is 6.04 Å². The van der Waals surface area contributed by atoms with Gasteiger partial charge < -0.3 is 20.4 Å². The maximum atomic E-state index is 13.2. The summed E-state index contributed by atoms with van der Waals surface area (Å²) < 4.78 is 0. The number of amides is 1. The van der Waals surface area contributed by atoms with Crippen LogP contribution in [-0.2, 0) is 22.6 Å². The van der Waals surface area contributed by atoms with E-state index in [-0.39, 0.29) is 18.5 Å². The summed E-state index contributed by atoms with van der Waals surface area (Å²) in [7, 11) is 0. The molecule has 0 aliphatic carbocycles. The molecule has 12 heteroatoms. The predicted molar refractivity (Wildman–Crippen MR) is 126 cm³/mol. The number of thioether (sulfide) groups is 1. The zero-order chi connectivity index (χ0) is 26.1. The van der Waals surface area contributed by atoms with Gasteiger partial charge in [-0.1, -0.05) is 30.3 Å². The fourth-order valence-electron chi connectivity index (χ4n) is 3.24. The minimum atomic E-state index is -1.63. The molecule has 186 valence electrons. The van der Waals surface area contributed by atoms with Crippen LogP contribution in [0.3, 0.4) is 0 Å². The Morgan fingerprint density at radius 2 is 1.46 bits per heavy atom. The summed E-state index contributed by atoms with van der Waals surface area (Å²) in [6.45, 7) is -0.0515. The van der Waals surface area contributed by atoms with Gasteiger partial charge >= 0.3 is 23.9 Å². The average Bonchev–Trinajstić information content (AvgIpc) is 2.80. The molecular weight excluding hydrogens is 480 g/mol. The molecule has 2 aromatic carbocycles. The van der Waals surface area contributed by atoms with E-state index in [2.05, 4.69) is 5.43 Å². The number of nitrogens with zero attached hydrogens (tertiary/aromatic N) is 1. The summed E-state index contributed by atoms with van der Waals surface area (Å²) in [6.07, 6.45) is 1.39. The van der Waals surface area contributed by atoms with Crippen LogP contribution in [0, 0.1) is 0 Å². The topological polar surface area (TPSA) is 182 Å². The van der Waals surface area contributed by atoms with E-state index in [1.165, 1.54) is 11.8 Å². The summed E-state index contributed by atoms with van der Waals surface area (Å²) >= 11 is 1.43. The minimum Gasteiger partial charge on any atom is -0.480 e. The first kappa shape index (κ1) is 27.3. The summed E-state index contributed by atoms with van der Waals surface area (Å²) in [5.74, 6) is -6.19. The third-order valence-electron chi connectivity index (χ3n) is 4.98. The van der Waals surface area contributed by atoms with Crippen molar-refractivity contribution in [1.82, 2.24) is 10.4 Å². The number of aliphatic carboxylic acids is 1. The number of hydrazine groups is 1. The van der Waals surface area contributed by atoms with Gasteiger partial charge in [-0.25, -0.2) is 19.8 Å². The van der Waals surface area contributed by atoms with Gasteiger partial charge in [0.25, 0.3) is 0 Å². The molecule has 1 atom stereocenters. The molecule has 0 saturated heterocycles. The van der Waals surface area contributed by atoms with Crippen LogP contribution in [-0.4, -0.2) is 73.3 Å². The molecule has 0 saturated carbocycles. The molecule has 0 radical (unpaired) electrons. The van der Waals surface area contributed by atoms with Crippen LogP contribution in [0.2, 0.25) is 0 Å². The van der Waals surface area contributed by atoms with Crippen molar-refractivity contribution in [3.63, 3.8) is 0 Å². The number of carboxylic acid groups (broad SMARTS) is 4. The molecule has 2 aromatic rings. The third-order valence-corrected chi connectivity index (χ3v) is 5.63. The fourth-order valence-corrected chi connectivity index (χ4v) is 3.71. The summed E-state index contributed by atoms with van der Waals surface area (Å²) in [5.41, 5.74) is 1.18. The summed E-state index contributed by atoms with van der Waals surface area (Å²) in [4.78, 5) is 59.7. The highest BCUT2D eigenvalue weighted by Gasteiger charge is 2.27. The Kier molecular flexibility index (Phi) is 9.79. The number of benzene rings is 2. The van der Waals surface area contributed by atoms with Gasteiger partial charge in [-0.15, -0.1) is 0 Å². The van der Waals surface area contributed by atoms with Crippen LogP contribution >= 0.6 is 11.8 Å². The molecule has 0 heterocycles. The lowest BCUT2D eigenvalue weighted by atomic mass is 9.96. The number of hydrogen-bond donors (Lipinski definition) is 5. The molecular formula is C23H24N2O9S. The van der Waals surface area contributed by atoms with Gasteiger partial charge in [0, 0.05) is 0 Å². The van der Waals surface area contributed by atoms with Gasteiger partial charge in [0.05, 0.1) is 29.7 Å². The average molecular weight is 505 g/mol. The van der Waals surface area contributed by atoms with E-state index in [4.69, 9.17) is 0 Å². The van der Waals surface area contributed by atoms with Crippen molar-refractivity contribution in [3.05, 3.63) is 70.3 Å². The molecule has 0 unspecified atom stereocenters. The lowest BCUT2D eigenvalue weighted by Crippen LogP contribution is -2.51. The van der Waals surface area contributed by atoms with E-state index >= 15 is 0 Å². The van der Waals surface area contributed by atoms with Crippen molar-refractivity contribution in [3.8, 4) is 0 Å². The van der Waals surface area contributed by atoms with Crippen LogP contribution < -0.4 is 5.43 Å². The largest absolute Gasteiger partial charge is 0.480 e. The van der Waals surface area contributed by atoms with E-state index in [0.717, 1.165) is 11.1 Å². The van der Waals surface area contributed by atoms with Crippen LogP contribution in [0.25, 0.3) is 0 Å². The van der Waals surface area contributed by atoms with Crippen molar-refractivity contribution in [2.24, 2.45) is 0 Å². The molecule has 0 aliphatic rings. The number of rotatable bonds is 13. The first-order valence-corrected chi connectivity index (χ1v) is 11.6. The second-order valence-corrected chi connectivity index (χ2v) is 8.40. The quantitative estimate of drug-likeness (QED) is 0.252. The maximum Gasteiger partial charge on any atom is 0.336 e. The maximum absolute atomic E-state index is 13.2. The van der Waals surface area contributed by atoms with Crippen LogP contribution in [0.4, 0.5) is 0 Å². The monoisotopic (exact) mass is 504 g/mol. The standard InChI is InChI=1S/C23H24N2O9S/c1-35-8-7-18(23(33)34)24-25(12-13-5-3-2-4-6-13)19(26)10-14-9-16(21(29)30)17(22(31)32)11-15(14)20(27)28/h2-6,9,11,18,24H,7-8,10,12H2,1H3,(H,27,28)(H,29,30)(H,31,32)(H,33,34)/t18-/m0/s1. The Hall–Kier alpha value is -3.90. The zero-order valence-electron chi connectivity index (χ0n) is 18.6. The molecule has 0 aromatic heterocycles. The Labute approximate surface area is 204 Å². The molecule has 0 aliphatic heterocycles. The Morgan fingerprint density at radius 1 is 0.886 bits per heavy atom. The second kappa shape index (κ2) is 12.5. The van der Waals surface area contributed by atoms with Gasteiger partial charge in [0.2, 0.25) is 5.91 Å². The Bertz CT molecular complexity index is 1120. The highest BCUT2D eigenvalue weighted by atomic mass is 32.2. The van der Waals surface area contributed by atoms with E-state index in [9.17, 15) is 44.4 Å². The zero-order valence-corrected chi connectivity index (χ0v) is 19.4. The fraction of sp³-hybridized carbons (Fsp3) is 0.261. The lowest BCUT2D eigenvalue weighted by molar-refractivity contribution is -0.144. The molecule has 11 nitrogen and oxygen atoms in total. The number of carbonyl (C=O) groups is 5. The van der Waals surface area contributed by atoms with Crippen molar-refractivity contribution in [1.29, 1.82) is 0 Å². The number of aromatic carboxylic acids is 3. The summed E-state index contributed by atoms with van der Waals surface area (Å²) in [5, 5.41) is 38.8. The van der Waals surface area contributed by atoms with Gasteiger partial charge in [-0.3, -0.25) is 14.6 Å². The third kappa shape index (κ3) is 7.55. The molecule has 0 bridgehead atoms. The van der Waals surface area contributed by atoms with Crippen LogP contribution in [0.5, 0.6) is 0 Å². The van der Waals surface area contributed by atoms with Crippen LogP contribution in [0.15, 0.2) is 42.5 Å². The highest BCUT2D eigenvalue weighted by molar-refractivity contribution is 7.98. The Morgan fingerprint density at radius 3 is 1.97 bits per heavy atom. The minimum absolute atomic E-state index is 0.0515. The Balaban J connectivity index is 2.46. The number of carboxylic acids is 4. The lowest BCUT2D eigenvalue weighted by Gasteiger charge is -2.28. The molecule has 35 heavy (non-hydrogen) atoms. The molecule has 0 fully saturated rings. The van der Waals surface area contributed by atoms with E-state index < -0.39 is 58.9 Å². The van der Waals surface area contributed by atoms with Gasteiger partial charge in [-0.2, -0.15) is 11.8 Å². The van der Waals surface area contributed by atoms with Gasteiger partial charge in [-0.05, 0) is 41.7 Å². The van der Waals surface area contributed by atoms with E-state index in [0.29, 0.717) is 17.4 Å². The number of carbonyl (C=O) groups excluding carboxylic acids is 1. The van der Waals surface area contributed by atoms with Crippen molar-refractivity contribution in [2.75, 3.05) is 12.0 Å². The van der Waals surface area contributed by atoms with E-state index in [1.807, 2.05) is 0 Å². The molecule has 5 N–H and O–H groups in total. The first-order valence-electron chi connectivity index (χ1n) is 10.2. The van der Waals surface area contributed by atoms with Gasteiger partial charge in [0.15, 0.2) is 0 Å². The first-order chi connectivity index (χ1) is 16.5. The highest BCUT2D eigenvalue weighted by Crippen LogP contribution is 2.20.